The van der Waals surface area contributed by atoms with Crippen molar-refractivity contribution in [3.05, 3.63) is 27.1 Å². The monoisotopic (exact) mass is 425 g/mol. The van der Waals surface area contributed by atoms with Gasteiger partial charge in [0.15, 0.2) is 4.77 Å². The third-order valence-corrected chi connectivity index (χ3v) is 4.78. The summed E-state index contributed by atoms with van der Waals surface area (Å²) in [7, 11) is 16.9. The highest BCUT2D eigenvalue weighted by Gasteiger charge is 2.68. The molecule has 9 nitrogen and oxygen atoms in total. The number of aromatic nitrogens is 2. The van der Waals surface area contributed by atoms with Crippen molar-refractivity contribution >= 4 is 41.7 Å². The number of ether oxygens (including phenoxy) is 2. The van der Waals surface area contributed by atoms with Gasteiger partial charge in [-0.2, -0.15) is 4.39 Å². The standard InChI is InChI=1S/C14H16B3F2N3O6S/c1-4(2)6(20)10(26)27-14(16,17)12(19)7(23)8(24)13(15,28-12)22-3-5(18)9(25)21-11(22)29/h3-4,6-8,23-24H,20H2,1-2H3,(H,21,25,29)/t6-,7-,8+,12-,13-/m0/s1. The van der Waals surface area contributed by atoms with Gasteiger partial charge >= 0.3 is 5.97 Å². The van der Waals surface area contributed by atoms with E-state index in [1.54, 1.807) is 13.8 Å². The Bertz CT molecular complexity index is 931. The number of hydrogen-bond acceptors (Lipinski definition) is 8. The normalized spacial score (nSPS) is 31.0. The van der Waals surface area contributed by atoms with Gasteiger partial charge in [-0.3, -0.25) is 19.1 Å². The molecule has 1 aliphatic rings. The molecule has 6 radical (unpaired) electrons. The van der Waals surface area contributed by atoms with E-state index in [1.165, 1.54) is 0 Å². The Morgan fingerprint density at radius 1 is 1.48 bits per heavy atom. The summed E-state index contributed by atoms with van der Waals surface area (Å²) in [5.74, 6) is -6.78. The number of nitrogens with zero attached hydrogens (tertiary/aromatic N) is 1. The molecule has 1 aliphatic heterocycles. The third kappa shape index (κ3) is 3.81. The molecule has 0 aliphatic carbocycles. The second-order valence-electron chi connectivity index (χ2n) is 6.98. The largest absolute Gasteiger partial charge is 0.473 e. The number of nitrogens with one attached hydrogen (secondary N) is 1. The second kappa shape index (κ2) is 7.62. The number of hydrogen-bond donors (Lipinski definition) is 4. The number of carbonyl (C=O) groups excluding carboxylic acids is 1. The highest BCUT2D eigenvalue weighted by atomic mass is 32.1. The first kappa shape index (κ1) is 23.7. The topological polar surface area (TPSA) is 140 Å². The van der Waals surface area contributed by atoms with E-state index in [0.29, 0.717) is 10.8 Å². The predicted molar refractivity (Wildman–Crippen MR) is 99.7 cm³/mol. The number of esters is 1. The minimum atomic E-state index is -3.70. The van der Waals surface area contributed by atoms with Crippen LogP contribution in [0, 0.1) is 16.5 Å². The maximum Gasteiger partial charge on any atom is 0.322 e. The van der Waals surface area contributed by atoms with Crippen LogP contribution in [0.1, 0.15) is 13.8 Å². The lowest BCUT2D eigenvalue weighted by molar-refractivity contribution is -0.250. The van der Waals surface area contributed by atoms with Crippen LogP contribution >= 0.6 is 12.2 Å². The first-order valence-electron chi connectivity index (χ1n) is 8.20. The molecule has 15 heteroatoms. The third-order valence-electron chi connectivity index (χ3n) is 4.48. The Kier molecular flexibility index (Phi) is 6.24. The van der Waals surface area contributed by atoms with Crippen LogP contribution < -0.4 is 11.3 Å². The SMILES string of the molecule is [B]C([B])(OC(=O)[C@@H](N)C(C)C)[C@@]1(F)O[C@@]([B])(n2cc(F)c(=O)[nH]c2=S)[C@H](O)[C@@H]1O. The summed E-state index contributed by atoms with van der Waals surface area (Å²) in [6.07, 6.45) is -4.53. The molecule has 1 saturated heterocycles. The zero-order valence-electron chi connectivity index (χ0n) is 15.3. The van der Waals surface area contributed by atoms with Crippen molar-refractivity contribution in [2.45, 2.75) is 49.0 Å². The fourth-order valence-electron chi connectivity index (χ4n) is 2.57. The van der Waals surface area contributed by atoms with Gasteiger partial charge < -0.3 is 25.4 Å². The van der Waals surface area contributed by atoms with E-state index in [2.05, 4.69) is 4.74 Å². The number of halogens is 2. The maximum atomic E-state index is 15.6. The minimum absolute atomic E-state index is 0.415. The fraction of sp³-hybridized carbons (Fsp3) is 0.643. The number of aliphatic hydroxyl groups excluding tert-OH is 2. The highest BCUT2D eigenvalue weighted by molar-refractivity contribution is 7.71. The number of carbonyl (C=O) groups is 1. The fourth-order valence-corrected chi connectivity index (χ4v) is 2.86. The molecule has 1 aromatic rings. The van der Waals surface area contributed by atoms with Crippen molar-refractivity contribution < 1.29 is 33.3 Å². The van der Waals surface area contributed by atoms with E-state index >= 15 is 4.39 Å². The van der Waals surface area contributed by atoms with Crippen LogP contribution in [0.25, 0.3) is 0 Å². The molecule has 0 spiro atoms. The van der Waals surface area contributed by atoms with Crippen LogP contribution in [0.2, 0.25) is 0 Å². The first-order chi connectivity index (χ1) is 13.1. The zero-order chi connectivity index (χ0) is 22.5. The van der Waals surface area contributed by atoms with E-state index < -0.39 is 63.2 Å². The second-order valence-corrected chi connectivity index (χ2v) is 7.37. The van der Waals surface area contributed by atoms with Gasteiger partial charge in [-0.05, 0) is 18.1 Å². The first-order valence-corrected chi connectivity index (χ1v) is 8.61. The van der Waals surface area contributed by atoms with Gasteiger partial charge in [0.05, 0.1) is 11.6 Å². The Labute approximate surface area is 172 Å². The smallest absolute Gasteiger partial charge is 0.322 e. The summed E-state index contributed by atoms with van der Waals surface area (Å²) in [6.45, 7) is 3.13. The van der Waals surface area contributed by atoms with E-state index in [4.69, 9.17) is 46.2 Å². The number of aromatic amines is 1. The van der Waals surface area contributed by atoms with Crippen molar-refractivity contribution in [1.82, 2.24) is 9.55 Å². The Balaban J connectivity index is 2.48. The van der Waals surface area contributed by atoms with Gasteiger partial charge in [0.25, 0.3) is 11.4 Å². The summed E-state index contributed by atoms with van der Waals surface area (Å²) in [5.41, 5.74) is 1.56. The molecule has 2 heterocycles. The molecule has 5 N–H and O–H groups in total. The molecule has 2 rings (SSSR count). The van der Waals surface area contributed by atoms with Crippen LogP contribution in [0.4, 0.5) is 8.78 Å². The van der Waals surface area contributed by atoms with Gasteiger partial charge in [0, 0.05) is 0 Å². The molecular formula is C14H16B3F2N3O6S. The van der Waals surface area contributed by atoms with Crippen molar-refractivity contribution in [2.24, 2.45) is 11.7 Å². The number of H-pyrrole nitrogens is 1. The lowest BCUT2D eigenvalue weighted by atomic mass is 9.59. The quantitative estimate of drug-likeness (QED) is 0.236. The van der Waals surface area contributed by atoms with Crippen molar-refractivity contribution in [3.63, 3.8) is 0 Å². The molecule has 5 atom stereocenters. The Morgan fingerprint density at radius 3 is 2.55 bits per heavy atom. The van der Waals surface area contributed by atoms with E-state index in [9.17, 15) is 24.2 Å². The van der Waals surface area contributed by atoms with Crippen molar-refractivity contribution in [1.29, 1.82) is 0 Å². The summed E-state index contributed by atoms with van der Waals surface area (Å²) in [4.78, 5) is 25.2. The van der Waals surface area contributed by atoms with Crippen LogP contribution in [-0.2, 0) is 19.9 Å². The molecule has 0 amide bonds. The van der Waals surface area contributed by atoms with Gasteiger partial charge in [-0.1, -0.05) is 13.8 Å². The van der Waals surface area contributed by atoms with Crippen LogP contribution in [-0.4, -0.2) is 78.8 Å². The summed E-state index contributed by atoms with van der Waals surface area (Å²) in [5, 5.41) is 17.3. The number of alkyl halides is 1. The molecule has 1 fully saturated rings. The van der Waals surface area contributed by atoms with E-state index in [0.717, 1.165) is 0 Å². The van der Waals surface area contributed by atoms with Gasteiger partial charge in [0.1, 0.15) is 47.4 Å². The average molecular weight is 425 g/mol. The molecule has 29 heavy (non-hydrogen) atoms. The summed E-state index contributed by atoms with van der Waals surface area (Å²) < 4.78 is 38.6. The van der Waals surface area contributed by atoms with Gasteiger partial charge in [-0.15, -0.1) is 0 Å². The Hall–Kier alpha value is -1.54. The average Bonchev–Trinajstić information content (AvgIpc) is 2.79. The van der Waals surface area contributed by atoms with E-state index in [1.807, 2.05) is 4.98 Å². The van der Waals surface area contributed by atoms with Crippen LogP contribution in [0.5, 0.6) is 0 Å². The molecule has 1 aromatic heterocycles. The maximum absolute atomic E-state index is 15.6. The summed E-state index contributed by atoms with van der Waals surface area (Å²) in [6, 6.07) is -1.25. The summed E-state index contributed by atoms with van der Waals surface area (Å²) >= 11 is 4.80. The molecule has 0 aromatic carbocycles. The molecular weight excluding hydrogens is 409 g/mol. The van der Waals surface area contributed by atoms with Gasteiger partial charge in [-0.25, -0.2) is 4.39 Å². The van der Waals surface area contributed by atoms with Crippen molar-refractivity contribution in [3.8, 4) is 0 Å². The lowest BCUT2D eigenvalue weighted by Gasteiger charge is -2.41. The van der Waals surface area contributed by atoms with E-state index in [-0.39, 0.29) is 0 Å². The van der Waals surface area contributed by atoms with Crippen molar-refractivity contribution in [2.75, 3.05) is 0 Å². The van der Waals surface area contributed by atoms with Crippen LogP contribution in [0.3, 0.4) is 0 Å². The number of aliphatic hydroxyl groups is 2. The predicted octanol–water partition coefficient (Wildman–Crippen LogP) is -2.24. The zero-order valence-corrected chi connectivity index (χ0v) is 16.2. The molecule has 152 valence electrons. The molecule has 0 unspecified atom stereocenters. The Morgan fingerprint density at radius 2 is 2.03 bits per heavy atom. The minimum Gasteiger partial charge on any atom is -0.473 e. The van der Waals surface area contributed by atoms with Crippen LogP contribution in [0.15, 0.2) is 11.0 Å². The lowest BCUT2D eigenvalue weighted by Crippen LogP contribution is -2.62. The number of nitrogens with two attached hydrogens (primary N) is 1. The molecule has 0 bridgehead atoms. The number of rotatable bonds is 5. The molecule has 0 saturated carbocycles. The highest BCUT2D eigenvalue weighted by Crippen LogP contribution is 2.46. The van der Waals surface area contributed by atoms with Gasteiger partial charge in [0.2, 0.25) is 5.82 Å².